The van der Waals surface area contributed by atoms with Gasteiger partial charge in [-0.05, 0) is 48.2 Å². The molecule has 1 aromatic heterocycles. The normalized spacial score (nSPS) is 12.5. The number of halogens is 4. The summed E-state index contributed by atoms with van der Waals surface area (Å²) in [5, 5.41) is 6.31. The van der Waals surface area contributed by atoms with Crippen LogP contribution in [0.2, 0.25) is 5.02 Å². The van der Waals surface area contributed by atoms with Crippen molar-refractivity contribution in [1.82, 2.24) is 9.97 Å². The second-order valence-electron chi connectivity index (χ2n) is 6.61. The topological polar surface area (TPSA) is 49.8 Å². The molecule has 4 nitrogen and oxygen atoms in total. The molecule has 0 bridgehead atoms. The molecular weight excluding hydrogens is 401 g/mol. The lowest BCUT2D eigenvalue weighted by atomic mass is 9.97. The van der Waals surface area contributed by atoms with Gasteiger partial charge in [0.2, 0.25) is 5.95 Å². The van der Waals surface area contributed by atoms with Gasteiger partial charge in [-0.1, -0.05) is 43.6 Å². The van der Waals surface area contributed by atoms with E-state index in [1.165, 1.54) is 0 Å². The fourth-order valence-electron chi connectivity index (χ4n) is 2.80. The quantitative estimate of drug-likeness (QED) is 0.444. The van der Waals surface area contributed by atoms with Crippen LogP contribution in [0, 0.1) is 0 Å². The van der Waals surface area contributed by atoms with Crippen LogP contribution < -0.4 is 10.6 Å². The molecule has 2 N–H and O–H groups in total. The average molecular weight is 421 g/mol. The summed E-state index contributed by atoms with van der Waals surface area (Å²) >= 11 is 5.86. The lowest BCUT2D eigenvalue weighted by Crippen LogP contribution is -2.13. The van der Waals surface area contributed by atoms with E-state index in [0.29, 0.717) is 16.4 Å². The lowest BCUT2D eigenvalue weighted by molar-refractivity contribution is -0.137. The van der Waals surface area contributed by atoms with Crippen molar-refractivity contribution < 1.29 is 13.2 Å². The summed E-state index contributed by atoms with van der Waals surface area (Å²) in [6.45, 7) is 4.06. The summed E-state index contributed by atoms with van der Waals surface area (Å²) in [5.41, 5.74) is 1.19. The van der Waals surface area contributed by atoms with Crippen LogP contribution in [0.25, 0.3) is 0 Å². The van der Waals surface area contributed by atoms with E-state index in [0.717, 1.165) is 18.2 Å². The molecule has 8 heteroatoms. The number of nitrogens with one attached hydrogen (secondary N) is 2. The molecule has 29 heavy (non-hydrogen) atoms. The second kappa shape index (κ2) is 8.69. The van der Waals surface area contributed by atoms with Gasteiger partial charge in [0.25, 0.3) is 0 Å². The van der Waals surface area contributed by atoms with Crippen molar-refractivity contribution in [2.75, 3.05) is 10.6 Å². The van der Waals surface area contributed by atoms with E-state index in [9.17, 15) is 13.2 Å². The van der Waals surface area contributed by atoms with Gasteiger partial charge >= 0.3 is 6.18 Å². The Morgan fingerprint density at radius 1 is 1.03 bits per heavy atom. The summed E-state index contributed by atoms with van der Waals surface area (Å²) in [4.78, 5) is 7.92. The molecule has 1 heterocycles. The third-order valence-electron chi connectivity index (χ3n) is 4.55. The van der Waals surface area contributed by atoms with Crippen LogP contribution in [-0.4, -0.2) is 9.97 Å². The van der Waals surface area contributed by atoms with Crippen LogP contribution in [-0.2, 0) is 6.18 Å². The van der Waals surface area contributed by atoms with Crippen molar-refractivity contribution in [2.45, 2.75) is 32.4 Å². The first-order chi connectivity index (χ1) is 13.8. The molecule has 0 aliphatic rings. The summed E-state index contributed by atoms with van der Waals surface area (Å²) in [7, 11) is 0. The van der Waals surface area contributed by atoms with Crippen molar-refractivity contribution in [3.05, 3.63) is 70.9 Å². The number of para-hydroxylation sites is 1. The van der Waals surface area contributed by atoms with Gasteiger partial charge in [-0.2, -0.15) is 18.2 Å². The van der Waals surface area contributed by atoms with Gasteiger partial charge in [0.05, 0.1) is 0 Å². The third-order valence-corrected chi connectivity index (χ3v) is 4.80. The van der Waals surface area contributed by atoms with Gasteiger partial charge in [0.15, 0.2) is 0 Å². The van der Waals surface area contributed by atoms with Gasteiger partial charge < -0.3 is 10.6 Å². The van der Waals surface area contributed by atoms with E-state index in [-0.39, 0.29) is 17.7 Å². The Kier molecular flexibility index (Phi) is 6.27. The smallest absolute Gasteiger partial charge is 0.339 e. The van der Waals surface area contributed by atoms with Crippen molar-refractivity contribution in [3.8, 4) is 0 Å². The number of hydrogen-bond donors (Lipinski definition) is 2. The highest BCUT2D eigenvalue weighted by atomic mass is 35.5. The Hall–Kier alpha value is -2.80. The highest BCUT2D eigenvalue weighted by Crippen LogP contribution is 2.37. The molecule has 1 atom stereocenters. The molecule has 0 radical (unpaired) electrons. The minimum absolute atomic E-state index is 0.0452. The Morgan fingerprint density at radius 2 is 1.72 bits per heavy atom. The molecular formula is C21H20ClF3N4. The highest BCUT2D eigenvalue weighted by molar-refractivity contribution is 6.30. The zero-order valence-electron chi connectivity index (χ0n) is 15.9. The largest absolute Gasteiger partial charge is 0.421 e. The molecule has 0 fully saturated rings. The van der Waals surface area contributed by atoms with Crippen LogP contribution in [0.15, 0.2) is 54.7 Å². The maximum absolute atomic E-state index is 13.5. The van der Waals surface area contributed by atoms with Crippen LogP contribution in [0.3, 0.4) is 0 Å². The molecule has 1 unspecified atom stereocenters. The number of hydrogen-bond acceptors (Lipinski definition) is 4. The lowest BCUT2D eigenvalue weighted by Gasteiger charge is -2.19. The first-order valence-electron chi connectivity index (χ1n) is 9.10. The predicted octanol–water partition coefficient (Wildman–Crippen LogP) is 7.15. The number of alkyl halides is 3. The number of anilines is 4. The molecule has 3 aromatic rings. The van der Waals surface area contributed by atoms with Crippen molar-refractivity contribution in [3.63, 3.8) is 0 Å². The van der Waals surface area contributed by atoms with Crippen LogP contribution >= 0.6 is 11.6 Å². The maximum Gasteiger partial charge on any atom is 0.421 e. The van der Waals surface area contributed by atoms with Gasteiger partial charge in [-0.3, -0.25) is 0 Å². The standard InChI is InChI=1S/C21H20ClF3N4/c1-3-13(2)16-6-4-5-7-18(16)28-19-17(21(23,24)25)12-26-20(29-19)27-15-10-8-14(22)9-11-15/h4-13H,3H2,1-2H3,(H2,26,27,28,29). The summed E-state index contributed by atoms with van der Waals surface area (Å²) in [5.74, 6) is -0.0786. The minimum Gasteiger partial charge on any atom is -0.339 e. The predicted molar refractivity (Wildman–Crippen MR) is 110 cm³/mol. The van der Waals surface area contributed by atoms with Gasteiger partial charge in [0, 0.05) is 22.6 Å². The molecule has 2 aromatic carbocycles. The summed E-state index contributed by atoms with van der Waals surface area (Å²) < 4.78 is 40.6. The molecule has 0 aliphatic heterocycles. The van der Waals surface area contributed by atoms with Crippen LogP contribution in [0.1, 0.15) is 37.3 Å². The molecule has 3 rings (SSSR count). The SMILES string of the molecule is CCC(C)c1ccccc1Nc1nc(Nc2ccc(Cl)cc2)ncc1C(F)(F)F. The van der Waals surface area contributed by atoms with Crippen molar-refractivity contribution in [2.24, 2.45) is 0 Å². The fraction of sp³-hybridized carbons (Fsp3) is 0.238. The van der Waals surface area contributed by atoms with Crippen LogP contribution in [0.5, 0.6) is 0 Å². The zero-order chi connectivity index (χ0) is 21.0. The Morgan fingerprint density at radius 3 is 2.38 bits per heavy atom. The molecule has 0 amide bonds. The van der Waals surface area contributed by atoms with E-state index in [4.69, 9.17) is 11.6 Å². The molecule has 0 spiro atoms. The van der Waals surface area contributed by atoms with Gasteiger partial charge in [-0.15, -0.1) is 0 Å². The Bertz CT molecular complexity index is 974. The fourth-order valence-corrected chi connectivity index (χ4v) is 2.92. The first kappa shape index (κ1) is 20.9. The number of rotatable bonds is 6. The number of benzene rings is 2. The van der Waals surface area contributed by atoms with E-state index < -0.39 is 11.7 Å². The van der Waals surface area contributed by atoms with E-state index in [1.54, 1.807) is 36.4 Å². The van der Waals surface area contributed by atoms with Crippen LogP contribution in [0.4, 0.5) is 36.3 Å². The minimum atomic E-state index is -4.59. The Balaban J connectivity index is 1.98. The average Bonchev–Trinajstić information content (AvgIpc) is 2.69. The Labute approximate surface area is 172 Å². The number of nitrogens with zero attached hydrogens (tertiary/aromatic N) is 2. The van der Waals surface area contributed by atoms with Crippen molar-refractivity contribution >= 4 is 34.7 Å². The molecule has 152 valence electrons. The zero-order valence-corrected chi connectivity index (χ0v) is 16.6. The molecule has 0 saturated carbocycles. The third kappa shape index (κ3) is 5.17. The summed E-state index contributed by atoms with van der Waals surface area (Å²) in [6, 6.07) is 14.0. The first-order valence-corrected chi connectivity index (χ1v) is 9.48. The monoisotopic (exact) mass is 420 g/mol. The van der Waals surface area contributed by atoms with Crippen molar-refractivity contribution in [1.29, 1.82) is 0 Å². The van der Waals surface area contributed by atoms with Gasteiger partial charge in [0.1, 0.15) is 11.4 Å². The molecule has 0 aliphatic carbocycles. The second-order valence-corrected chi connectivity index (χ2v) is 7.04. The molecule has 0 saturated heterocycles. The van der Waals surface area contributed by atoms with E-state index >= 15 is 0 Å². The van der Waals surface area contributed by atoms with E-state index in [2.05, 4.69) is 20.6 Å². The highest BCUT2D eigenvalue weighted by Gasteiger charge is 2.35. The summed E-state index contributed by atoms with van der Waals surface area (Å²) in [6.07, 6.45) is -2.95. The van der Waals surface area contributed by atoms with Gasteiger partial charge in [-0.25, -0.2) is 4.98 Å². The number of aromatic nitrogens is 2. The maximum atomic E-state index is 13.5. The van der Waals surface area contributed by atoms with E-state index in [1.807, 2.05) is 26.0 Å².